The predicted octanol–water partition coefficient (Wildman–Crippen LogP) is 5.23. The molecule has 35 heavy (non-hydrogen) atoms. The van der Waals surface area contributed by atoms with E-state index in [2.05, 4.69) is 31.9 Å². The highest BCUT2D eigenvalue weighted by atomic mass is 79.9. The van der Waals surface area contributed by atoms with Crippen molar-refractivity contribution in [3.63, 3.8) is 0 Å². The molecule has 0 aliphatic rings. The second-order valence-corrected chi connectivity index (χ2v) is 8.35. The van der Waals surface area contributed by atoms with Crippen molar-refractivity contribution in [3.8, 4) is 17.2 Å². The van der Waals surface area contributed by atoms with Crippen LogP contribution in [0.5, 0.6) is 17.2 Å². The lowest BCUT2D eigenvalue weighted by Gasteiger charge is -2.16. The van der Waals surface area contributed by atoms with Gasteiger partial charge >= 0.3 is 5.97 Å². The Morgan fingerprint density at radius 3 is 2.11 bits per heavy atom. The van der Waals surface area contributed by atoms with Gasteiger partial charge in [-0.25, -0.2) is 4.79 Å². The third-order valence-electron chi connectivity index (χ3n) is 4.77. The zero-order valence-corrected chi connectivity index (χ0v) is 21.4. The molecule has 0 heterocycles. The number of anilines is 3. The van der Waals surface area contributed by atoms with Crippen LogP contribution in [0.25, 0.3) is 0 Å². The molecule has 0 fully saturated rings. The second-order valence-electron chi connectivity index (χ2n) is 7.02. The summed E-state index contributed by atoms with van der Waals surface area (Å²) in [4.78, 5) is 24.3. The van der Waals surface area contributed by atoms with Crippen LogP contribution in [0.15, 0.2) is 59.1 Å². The third kappa shape index (κ3) is 6.40. The van der Waals surface area contributed by atoms with Gasteiger partial charge in [0.25, 0.3) is 5.91 Å². The average Bonchev–Trinajstić information content (AvgIpc) is 2.84. The zero-order valence-electron chi connectivity index (χ0n) is 19.0. The van der Waals surface area contributed by atoms with E-state index in [1.165, 1.54) is 33.5 Å². The molecule has 0 atom stereocenters. The fraction of sp³-hybridized carbons (Fsp3) is 0.125. The highest BCUT2D eigenvalue weighted by Gasteiger charge is 2.16. The number of hydrogen-bond acceptors (Lipinski definition) is 6. The van der Waals surface area contributed by atoms with Crippen molar-refractivity contribution in [2.45, 2.75) is 0 Å². The lowest BCUT2D eigenvalue weighted by Crippen LogP contribution is -2.20. The molecule has 0 saturated heterocycles. The molecule has 9 nitrogen and oxygen atoms in total. The lowest BCUT2D eigenvalue weighted by atomic mass is 10.1. The summed E-state index contributed by atoms with van der Waals surface area (Å²) < 4.78 is 16.6. The van der Waals surface area contributed by atoms with E-state index < -0.39 is 11.9 Å². The van der Waals surface area contributed by atoms with Crippen LogP contribution in [0.4, 0.5) is 17.1 Å². The van der Waals surface area contributed by atoms with Crippen molar-refractivity contribution in [1.82, 2.24) is 0 Å². The molecule has 1 amide bonds. The molecule has 3 aromatic carbocycles. The Labute approximate surface area is 215 Å². The summed E-state index contributed by atoms with van der Waals surface area (Å²) in [6.45, 7) is 0. The van der Waals surface area contributed by atoms with Gasteiger partial charge in [-0.3, -0.25) is 4.79 Å². The number of carboxylic acid groups (broad SMARTS) is 1. The van der Waals surface area contributed by atoms with Gasteiger partial charge in [0.1, 0.15) is 0 Å². The van der Waals surface area contributed by atoms with E-state index in [9.17, 15) is 14.7 Å². The number of ether oxygens (including phenoxy) is 3. The maximum Gasteiger partial charge on any atom is 0.337 e. The number of methoxy groups -OCH3 is 3. The first kappa shape index (κ1) is 25.8. The first-order valence-electron chi connectivity index (χ1n) is 10.1. The maximum atomic E-state index is 12.8. The van der Waals surface area contributed by atoms with E-state index in [1.807, 2.05) is 0 Å². The van der Waals surface area contributed by atoms with Gasteiger partial charge in [0, 0.05) is 33.5 Å². The first-order valence-corrected chi connectivity index (χ1v) is 11.3. The number of carbonyl (C=O) groups is 2. The van der Waals surface area contributed by atoms with Gasteiger partial charge < -0.3 is 35.3 Å². The van der Waals surface area contributed by atoms with E-state index >= 15 is 0 Å². The summed E-state index contributed by atoms with van der Waals surface area (Å²) in [5.74, 6) is -0.244. The molecule has 4 N–H and O–H groups in total. The van der Waals surface area contributed by atoms with Crippen molar-refractivity contribution in [2.75, 3.05) is 37.3 Å². The topological polar surface area (TPSA) is 118 Å². The number of nitrogens with one attached hydrogen (secondary N) is 3. The normalized spacial score (nSPS) is 10.2. The fourth-order valence-corrected chi connectivity index (χ4v) is 3.78. The minimum Gasteiger partial charge on any atom is -0.493 e. The van der Waals surface area contributed by atoms with Gasteiger partial charge in [-0.2, -0.15) is 0 Å². The molecule has 3 aromatic rings. The average molecular weight is 560 g/mol. The molecule has 0 aliphatic carbocycles. The molecular formula is C24H22BrN3O6S. The molecule has 0 spiro atoms. The Hall–Kier alpha value is -3.83. The number of aromatic carboxylic acids is 1. The number of thiocarbonyl (C=S) groups is 1. The molecule has 11 heteroatoms. The summed E-state index contributed by atoms with van der Waals surface area (Å²) in [6.07, 6.45) is 0. The third-order valence-corrected chi connectivity index (χ3v) is 5.46. The SMILES string of the molecule is COc1cc(NC(=S)Nc2cccc(C(=O)Nc3ccc(Br)cc3C(=O)O)c2)cc(OC)c1OC. The van der Waals surface area contributed by atoms with Gasteiger partial charge in [0.2, 0.25) is 5.75 Å². The fourth-order valence-electron chi connectivity index (χ4n) is 3.18. The number of halogens is 1. The molecule has 0 aromatic heterocycles. The van der Waals surface area contributed by atoms with Crippen LogP contribution < -0.4 is 30.2 Å². The molecule has 0 unspecified atom stereocenters. The van der Waals surface area contributed by atoms with Crippen LogP contribution in [0.3, 0.4) is 0 Å². The summed E-state index contributed by atoms with van der Waals surface area (Å²) >= 11 is 8.64. The molecule has 0 aliphatic heterocycles. The van der Waals surface area contributed by atoms with Crippen molar-refractivity contribution in [1.29, 1.82) is 0 Å². The Morgan fingerprint density at radius 2 is 1.51 bits per heavy atom. The standard InChI is InChI=1S/C24H22BrN3O6S/c1-32-19-11-16(12-20(33-2)21(19)34-3)27-24(35)26-15-6-4-5-13(9-15)22(29)28-18-8-7-14(25)10-17(18)23(30)31/h4-12H,1-3H3,(H,28,29)(H,30,31)(H2,26,27,35). The number of rotatable bonds is 8. The predicted molar refractivity (Wildman–Crippen MR) is 141 cm³/mol. The van der Waals surface area contributed by atoms with Crippen LogP contribution in [-0.4, -0.2) is 43.4 Å². The quantitative estimate of drug-likeness (QED) is 0.275. The van der Waals surface area contributed by atoms with Gasteiger partial charge in [-0.1, -0.05) is 22.0 Å². The minimum atomic E-state index is -1.15. The highest BCUT2D eigenvalue weighted by molar-refractivity contribution is 9.10. The largest absolute Gasteiger partial charge is 0.493 e. The summed E-state index contributed by atoms with van der Waals surface area (Å²) in [5.41, 5.74) is 1.62. The van der Waals surface area contributed by atoms with Gasteiger partial charge in [-0.15, -0.1) is 0 Å². The van der Waals surface area contributed by atoms with E-state index in [1.54, 1.807) is 42.5 Å². The van der Waals surface area contributed by atoms with E-state index in [0.29, 0.717) is 38.7 Å². The minimum absolute atomic E-state index is 0.0299. The molecular weight excluding hydrogens is 538 g/mol. The van der Waals surface area contributed by atoms with E-state index in [-0.39, 0.29) is 16.4 Å². The molecule has 182 valence electrons. The van der Waals surface area contributed by atoms with Crippen molar-refractivity contribution < 1.29 is 28.9 Å². The van der Waals surface area contributed by atoms with Crippen LogP contribution in [0.2, 0.25) is 0 Å². The monoisotopic (exact) mass is 559 g/mol. The lowest BCUT2D eigenvalue weighted by molar-refractivity contribution is 0.0698. The molecule has 0 saturated carbocycles. The Morgan fingerprint density at radius 1 is 0.857 bits per heavy atom. The van der Waals surface area contributed by atoms with Gasteiger partial charge in [-0.05, 0) is 48.6 Å². The summed E-state index contributed by atoms with van der Waals surface area (Å²) in [7, 11) is 4.55. The van der Waals surface area contributed by atoms with Crippen molar-refractivity contribution >= 4 is 62.2 Å². The van der Waals surface area contributed by atoms with Crippen molar-refractivity contribution in [3.05, 3.63) is 70.2 Å². The Bertz CT molecular complexity index is 1260. The first-order chi connectivity index (χ1) is 16.7. The van der Waals surface area contributed by atoms with E-state index in [0.717, 1.165) is 0 Å². The number of amides is 1. The summed E-state index contributed by atoms with van der Waals surface area (Å²) in [5, 5.41) is 18.4. The van der Waals surface area contributed by atoms with Crippen molar-refractivity contribution in [2.24, 2.45) is 0 Å². The second kappa shape index (κ2) is 11.5. The molecule has 0 bridgehead atoms. The van der Waals surface area contributed by atoms with Crippen LogP contribution >= 0.6 is 28.1 Å². The summed E-state index contributed by atoms with van der Waals surface area (Å²) in [6, 6.07) is 14.6. The van der Waals surface area contributed by atoms with Crippen LogP contribution in [0.1, 0.15) is 20.7 Å². The number of benzene rings is 3. The Balaban J connectivity index is 1.74. The number of carboxylic acids is 1. The Kier molecular flexibility index (Phi) is 8.50. The van der Waals surface area contributed by atoms with Gasteiger partial charge in [0.05, 0.1) is 32.6 Å². The highest BCUT2D eigenvalue weighted by Crippen LogP contribution is 2.40. The maximum absolute atomic E-state index is 12.8. The van der Waals surface area contributed by atoms with Crippen LogP contribution in [-0.2, 0) is 0 Å². The van der Waals surface area contributed by atoms with Crippen LogP contribution in [0, 0.1) is 0 Å². The smallest absolute Gasteiger partial charge is 0.337 e. The molecule has 0 radical (unpaired) electrons. The number of carbonyl (C=O) groups excluding carboxylic acids is 1. The zero-order chi connectivity index (χ0) is 25.5. The van der Waals surface area contributed by atoms with Gasteiger partial charge in [0.15, 0.2) is 16.6 Å². The number of hydrogen-bond donors (Lipinski definition) is 4. The molecule has 3 rings (SSSR count). The van der Waals surface area contributed by atoms with E-state index in [4.69, 9.17) is 26.4 Å².